The Morgan fingerprint density at radius 2 is 2.06 bits per heavy atom. The van der Waals surface area contributed by atoms with Gasteiger partial charge in [-0.2, -0.15) is 0 Å². The van der Waals surface area contributed by atoms with Gasteiger partial charge in [-0.25, -0.2) is 0 Å². The molecule has 1 aromatic rings. The zero-order chi connectivity index (χ0) is 13.2. The molecule has 1 rings (SSSR count). The normalized spacial score (nSPS) is 11.4. The predicted molar refractivity (Wildman–Crippen MR) is 77.9 cm³/mol. The van der Waals surface area contributed by atoms with Crippen LogP contribution in [0.3, 0.4) is 0 Å². The van der Waals surface area contributed by atoms with Crippen LogP contribution in [0.25, 0.3) is 0 Å². The van der Waals surface area contributed by atoms with E-state index in [-0.39, 0.29) is 11.4 Å². The molecule has 0 N–H and O–H groups in total. The Hall–Kier alpha value is -0.480. The summed E-state index contributed by atoms with van der Waals surface area (Å²) in [6.45, 7) is 6.19. The SMILES string of the molecule is CCC(C)(C)N(C)C(=O)c1ccc(Br)cc1S. The van der Waals surface area contributed by atoms with Crippen LogP contribution in [0, 0.1) is 0 Å². The molecule has 94 valence electrons. The van der Waals surface area contributed by atoms with Crippen LogP contribution in [0.5, 0.6) is 0 Å². The third kappa shape index (κ3) is 3.26. The number of thiol groups is 1. The van der Waals surface area contributed by atoms with Crippen molar-refractivity contribution in [2.45, 2.75) is 37.6 Å². The number of carbonyl (C=O) groups is 1. The molecule has 0 saturated carbocycles. The van der Waals surface area contributed by atoms with Crippen molar-refractivity contribution in [1.82, 2.24) is 4.90 Å². The molecule has 1 amide bonds. The number of benzene rings is 1. The maximum Gasteiger partial charge on any atom is 0.255 e. The van der Waals surface area contributed by atoms with E-state index in [1.807, 2.05) is 19.2 Å². The summed E-state index contributed by atoms with van der Waals surface area (Å²) in [5.41, 5.74) is 0.491. The molecular weight excluding hydrogens is 298 g/mol. The topological polar surface area (TPSA) is 20.3 Å². The number of halogens is 1. The lowest BCUT2D eigenvalue weighted by Gasteiger charge is -2.35. The zero-order valence-corrected chi connectivity index (χ0v) is 13.1. The quantitative estimate of drug-likeness (QED) is 0.836. The first-order valence-corrected chi connectivity index (χ1v) is 6.80. The highest BCUT2D eigenvalue weighted by Gasteiger charge is 2.27. The van der Waals surface area contributed by atoms with Crippen molar-refractivity contribution in [2.24, 2.45) is 0 Å². The molecule has 0 aliphatic heterocycles. The molecule has 0 aliphatic carbocycles. The van der Waals surface area contributed by atoms with Crippen LogP contribution in [0.15, 0.2) is 27.6 Å². The van der Waals surface area contributed by atoms with E-state index in [2.05, 4.69) is 49.3 Å². The van der Waals surface area contributed by atoms with Crippen LogP contribution >= 0.6 is 28.6 Å². The molecular formula is C13H18BrNOS. The van der Waals surface area contributed by atoms with Gasteiger partial charge in [0, 0.05) is 22.0 Å². The largest absolute Gasteiger partial charge is 0.337 e. The van der Waals surface area contributed by atoms with Gasteiger partial charge in [0.25, 0.3) is 5.91 Å². The van der Waals surface area contributed by atoms with Gasteiger partial charge in [0.1, 0.15) is 0 Å². The highest BCUT2D eigenvalue weighted by molar-refractivity contribution is 9.10. The predicted octanol–water partition coefficient (Wildman–Crippen LogP) is 4.00. The Morgan fingerprint density at radius 1 is 1.47 bits per heavy atom. The van der Waals surface area contributed by atoms with Crippen LogP contribution in [0.4, 0.5) is 0 Å². The van der Waals surface area contributed by atoms with E-state index in [4.69, 9.17) is 0 Å². The Bertz CT molecular complexity index is 431. The van der Waals surface area contributed by atoms with Crippen LogP contribution in [0.2, 0.25) is 0 Å². The Balaban J connectivity index is 3.05. The van der Waals surface area contributed by atoms with Gasteiger partial charge in [0.15, 0.2) is 0 Å². The van der Waals surface area contributed by atoms with Crippen LogP contribution in [-0.4, -0.2) is 23.4 Å². The maximum atomic E-state index is 12.3. The second kappa shape index (κ2) is 5.44. The number of amides is 1. The molecule has 0 aromatic heterocycles. The average Bonchev–Trinajstić information content (AvgIpc) is 2.27. The van der Waals surface area contributed by atoms with Gasteiger partial charge in [-0.05, 0) is 38.5 Å². The second-order valence-corrected chi connectivity index (χ2v) is 6.09. The van der Waals surface area contributed by atoms with Crippen molar-refractivity contribution in [2.75, 3.05) is 7.05 Å². The second-order valence-electron chi connectivity index (χ2n) is 4.69. The Kier molecular flexibility index (Phi) is 4.67. The molecule has 4 heteroatoms. The Labute approximate surface area is 117 Å². The van der Waals surface area contributed by atoms with Crippen molar-refractivity contribution in [3.05, 3.63) is 28.2 Å². The molecule has 0 bridgehead atoms. The minimum absolute atomic E-state index is 0.00866. The van der Waals surface area contributed by atoms with E-state index in [1.165, 1.54) is 0 Å². The lowest BCUT2D eigenvalue weighted by atomic mass is 9.99. The molecule has 0 spiro atoms. The molecule has 0 atom stereocenters. The summed E-state index contributed by atoms with van der Waals surface area (Å²) in [6.07, 6.45) is 0.910. The molecule has 2 nitrogen and oxygen atoms in total. The summed E-state index contributed by atoms with van der Waals surface area (Å²) >= 11 is 7.71. The van der Waals surface area contributed by atoms with Gasteiger partial charge >= 0.3 is 0 Å². The van der Waals surface area contributed by atoms with Crippen molar-refractivity contribution in [1.29, 1.82) is 0 Å². The smallest absolute Gasteiger partial charge is 0.255 e. The third-order valence-corrected chi connectivity index (χ3v) is 4.13. The van der Waals surface area contributed by atoms with Crippen molar-refractivity contribution >= 4 is 34.5 Å². The highest BCUT2D eigenvalue weighted by atomic mass is 79.9. The molecule has 0 saturated heterocycles. The number of hydrogen-bond donors (Lipinski definition) is 1. The first kappa shape index (κ1) is 14.6. The molecule has 0 radical (unpaired) electrons. The van der Waals surface area contributed by atoms with E-state index in [1.54, 1.807) is 11.0 Å². The zero-order valence-electron chi connectivity index (χ0n) is 10.6. The molecule has 0 fully saturated rings. The van der Waals surface area contributed by atoms with Gasteiger partial charge < -0.3 is 4.90 Å². The van der Waals surface area contributed by atoms with Crippen LogP contribution in [0.1, 0.15) is 37.6 Å². The maximum absolute atomic E-state index is 12.3. The number of nitrogens with zero attached hydrogens (tertiary/aromatic N) is 1. The first-order chi connectivity index (χ1) is 7.79. The third-order valence-electron chi connectivity index (χ3n) is 3.27. The molecule has 0 aliphatic rings. The highest BCUT2D eigenvalue weighted by Crippen LogP contribution is 2.24. The van der Waals surface area contributed by atoms with Crippen molar-refractivity contribution in [3.8, 4) is 0 Å². The summed E-state index contributed by atoms with van der Waals surface area (Å²) in [6, 6.07) is 5.50. The van der Waals surface area contributed by atoms with Gasteiger partial charge in [-0.3, -0.25) is 4.79 Å². The Morgan fingerprint density at radius 3 is 2.53 bits per heavy atom. The summed E-state index contributed by atoms with van der Waals surface area (Å²) in [7, 11) is 1.83. The minimum atomic E-state index is -0.148. The van der Waals surface area contributed by atoms with Crippen LogP contribution < -0.4 is 0 Å². The van der Waals surface area contributed by atoms with Gasteiger partial charge in [-0.15, -0.1) is 12.6 Å². The summed E-state index contributed by atoms with van der Waals surface area (Å²) in [4.78, 5) is 14.8. The van der Waals surface area contributed by atoms with E-state index >= 15 is 0 Å². The fraction of sp³-hybridized carbons (Fsp3) is 0.462. The van der Waals surface area contributed by atoms with E-state index in [0.717, 1.165) is 10.9 Å². The van der Waals surface area contributed by atoms with Crippen molar-refractivity contribution in [3.63, 3.8) is 0 Å². The van der Waals surface area contributed by atoms with Gasteiger partial charge in [-0.1, -0.05) is 22.9 Å². The average molecular weight is 316 g/mol. The molecule has 0 unspecified atom stereocenters. The fourth-order valence-corrected chi connectivity index (χ4v) is 2.23. The van der Waals surface area contributed by atoms with Crippen molar-refractivity contribution < 1.29 is 4.79 Å². The number of rotatable bonds is 3. The summed E-state index contributed by atoms with van der Waals surface area (Å²) in [5, 5.41) is 0. The standard InChI is InChI=1S/C13H18BrNOS/c1-5-13(2,3)15(4)12(16)10-7-6-9(14)8-11(10)17/h6-8,17H,5H2,1-4H3. The minimum Gasteiger partial charge on any atom is -0.337 e. The fourth-order valence-electron chi connectivity index (χ4n) is 1.38. The monoisotopic (exact) mass is 315 g/mol. The summed E-state index contributed by atoms with van der Waals surface area (Å²) in [5.74, 6) is 0.00866. The van der Waals surface area contributed by atoms with Gasteiger partial charge in [0.05, 0.1) is 5.56 Å². The lowest BCUT2D eigenvalue weighted by Crippen LogP contribution is -2.44. The number of carbonyl (C=O) groups excluding carboxylic acids is 1. The summed E-state index contributed by atoms with van der Waals surface area (Å²) < 4.78 is 0.927. The number of hydrogen-bond acceptors (Lipinski definition) is 2. The molecule has 0 heterocycles. The lowest BCUT2D eigenvalue weighted by molar-refractivity contribution is 0.0616. The first-order valence-electron chi connectivity index (χ1n) is 5.56. The van der Waals surface area contributed by atoms with E-state index in [9.17, 15) is 4.79 Å². The van der Waals surface area contributed by atoms with Crippen LogP contribution in [-0.2, 0) is 0 Å². The molecule has 17 heavy (non-hydrogen) atoms. The van der Waals surface area contributed by atoms with Gasteiger partial charge in [0.2, 0.25) is 0 Å². The molecule has 1 aromatic carbocycles. The van der Waals surface area contributed by atoms with E-state index in [0.29, 0.717) is 10.5 Å². The van der Waals surface area contributed by atoms with E-state index < -0.39 is 0 Å².